The summed E-state index contributed by atoms with van der Waals surface area (Å²) >= 11 is 5.21. The maximum Gasteiger partial charge on any atom is 0.246 e. The van der Waals surface area contributed by atoms with Gasteiger partial charge in [0.2, 0.25) is 11.8 Å². The number of aliphatic imine (C=N–C) groups is 1. The van der Waals surface area contributed by atoms with Gasteiger partial charge in [0.15, 0.2) is 11.0 Å². The van der Waals surface area contributed by atoms with Crippen molar-refractivity contribution in [2.45, 2.75) is 32.1 Å². The molecule has 3 aliphatic rings. The maximum atomic E-state index is 12.8. The standard InChI is InChI=1S/C19H28N4O3S/c24-17-16(14-20-7-9-22-10-12-26-13-11-22)18(25)23(19(27)21-17)8-6-15-4-2-1-3-5-15/h4,14,16H,1-3,5-13H2,(H,21,24,27)/t16-/m1/s1. The lowest BCUT2D eigenvalue weighted by atomic mass is 9.97. The number of amides is 2. The molecule has 0 saturated carbocycles. The third-order valence-electron chi connectivity index (χ3n) is 5.23. The number of hydrogen-bond donors (Lipinski definition) is 1. The predicted molar refractivity (Wildman–Crippen MR) is 108 cm³/mol. The molecule has 2 heterocycles. The fourth-order valence-electron chi connectivity index (χ4n) is 3.56. The van der Waals surface area contributed by atoms with E-state index < -0.39 is 5.92 Å². The van der Waals surface area contributed by atoms with Crippen molar-refractivity contribution in [1.82, 2.24) is 15.1 Å². The minimum absolute atomic E-state index is 0.208. The lowest BCUT2D eigenvalue weighted by molar-refractivity contribution is -0.137. The highest BCUT2D eigenvalue weighted by Crippen LogP contribution is 2.21. The van der Waals surface area contributed by atoms with Gasteiger partial charge in [-0.3, -0.25) is 24.4 Å². The van der Waals surface area contributed by atoms with Crippen LogP contribution in [0.25, 0.3) is 0 Å². The largest absolute Gasteiger partial charge is 0.379 e. The molecular formula is C19H28N4O3S. The number of carbonyl (C=O) groups is 2. The second-order valence-electron chi connectivity index (χ2n) is 7.13. The van der Waals surface area contributed by atoms with Gasteiger partial charge >= 0.3 is 0 Å². The van der Waals surface area contributed by atoms with E-state index in [1.807, 2.05) is 0 Å². The van der Waals surface area contributed by atoms with Crippen LogP contribution in [0.3, 0.4) is 0 Å². The minimum atomic E-state index is -0.887. The van der Waals surface area contributed by atoms with Crippen LogP contribution < -0.4 is 5.32 Å². The highest BCUT2D eigenvalue weighted by atomic mass is 32.1. The van der Waals surface area contributed by atoms with Crippen LogP contribution in [0, 0.1) is 5.92 Å². The van der Waals surface area contributed by atoms with Gasteiger partial charge in [-0.2, -0.15) is 0 Å². The first-order chi connectivity index (χ1) is 13.1. The monoisotopic (exact) mass is 392 g/mol. The van der Waals surface area contributed by atoms with Crippen molar-refractivity contribution in [3.8, 4) is 0 Å². The number of ether oxygens (including phenoxy) is 1. The van der Waals surface area contributed by atoms with Gasteiger partial charge < -0.3 is 10.1 Å². The van der Waals surface area contributed by atoms with Crippen LogP contribution in [0.5, 0.6) is 0 Å². The number of carbonyl (C=O) groups excluding carboxylic acids is 2. The Balaban J connectivity index is 1.51. The maximum absolute atomic E-state index is 12.8. The second kappa shape index (κ2) is 10.1. The smallest absolute Gasteiger partial charge is 0.246 e. The lowest BCUT2D eigenvalue weighted by Gasteiger charge is -2.31. The second-order valence-corrected chi connectivity index (χ2v) is 7.52. The van der Waals surface area contributed by atoms with Crippen LogP contribution in [-0.2, 0) is 14.3 Å². The van der Waals surface area contributed by atoms with Crippen LogP contribution in [0.4, 0.5) is 0 Å². The molecule has 2 aliphatic heterocycles. The highest BCUT2D eigenvalue weighted by Gasteiger charge is 2.37. The topological polar surface area (TPSA) is 74.2 Å². The summed E-state index contributed by atoms with van der Waals surface area (Å²) in [4.78, 5) is 33.1. The molecule has 1 atom stereocenters. The van der Waals surface area contributed by atoms with Gasteiger partial charge in [-0.25, -0.2) is 0 Å². The van der Waals surface area contributed by atoms with Crippen molar-refractivity contribution >= 4 is 35.4 Å². The third kappa shape index (κ3) is 5.67. The summed E-state index contributed by atoms with van der Waals surface area (Å²) in [7, 11) is 0. The molecule has 27 heavy (non-hydrogen) atoms. The third-order valence-corrected chi connectivity index (χ3v) is 5.56. The van der Waals surface area contributed by atoms with E-state index in [9.17, 15) is 9.59 Å². The van der Waals surface area contributed by atoms with Gasteiger partial charge in [-0.05, 0) is 44.3 Å². The summed E-state index contributed by atoms with van der Waals surface area (Å²) in [6.45, 7) is 5.17. The predicted octanol–water partition coefficient (Wildman–Crippen LogP) is 1.14. The van der Waals surface area contributed by atoms with Crippen molar-refractivity contribution in [2.24, 2.45) is 10.9 Å². The van der Waals surface area contributed by atoms with Gasteiger partial charge in [-0.15, -0.1) is 0 Å². The van der Waals surface area contributed by atoms with E-state index in [2.05, 4.69) is 21.3 Å². The first-order valence-corrected chi connectivity index (χ1v) is 10.2. The van der Waals surface area contributed by atoms with Gasteiger partial charge in [-0.1, -0.05) is 11.6 Å². The van der Waals surface area contributed by atoms with Crippen molar-refractivity contribution in [2.75, 3.05) is 45.9 Å². The number of hydrogen-bond acceptors (Lipinski definition) is 6. The summed E-state index contributed by atoms with van der Waals surface area (Å²) < 4.78 is 5.32. The Bertz CT molecular complexity index is 628. The summed E-state index contributed by atoms with van der Waals surface area (Å²) in [6.07, 6.45) is 9.21. The van der Waals surface area contributed by atoms with E-state index in [1.165, 1.54) is 29.5 Å². The number of thiocarbonyl (C=S) groups is 1. The molecule has 0 unspecified atom stereocenters. The Morgan fingerprint density at radius 3 is 2.81 bits per heavy atom. The summed E-state index contributed by atoms with van der Waals surface area (Å²) in [5.41, 5.74) is 1.38. The molecule has 1 aliphatic carbocycles. The number of nitrogens with zero attached hydrogens (tertiary/aromatic N) is 3. The first-order valence-electron chi connectivity index (χ1n) is 9.79. The minimum Gasteiger partial charge on any atom is -0.379 e. The SMILES string of the molecule is O=C1NC(=S)N(CCC2=CCCCC2)C(=O)[C@@H]1C=NCCN1CCOCC1. The molecule has 0 radical (unpaired) electrons. The molecule has 0 bridgehead atoms. The molecule has 1 N–H and O–H groups in total. The van der Waals surface area contributed by atoms with Crippen molar-refractivity contribution < 1.29 is 14.3 Å². The average molecular weight is 393 g/mol. The Kier molecular flexibility index (Phi) is 7.49. The fraction of sp³-hybridized carbons (Fsp3) is 0.684. The van der Waals surface area contributed by atoms with Crippen molar-refractivity contribution in [3.63, 3.8) is 0 Å². The molecule has 0 aromatic carbocycles. The van der Waals surface area contributed by atoms with Crippen LogP contribution in [0.1, 0.15) is 32.1 Å². The van der Waals surface area contributed by atoms with Crippen molar-refractivity contribution in [3.05, 3.63) is 11.6 Å². The van der Waals surface area contributed by atoms with E-state index >= 15 is 0 Å². The average Bonchev–Trinajstić information content (AvgIpc) is 2.68. The lowest BCUT2D eigenvalue weighted by Crippen LogP contribution is -2.58. The summed E-state index contributed by atoms with van der Waals surface area (Å²) in [6, 6.07) is 0. The molecular weight excluding hydrogens is 364 g/mol. The molecule has 0 aromatic rings. The Labute approximate surface area is 165 Å². The molecule has 2 saturated heterocycles. The molecule has 0 spiro atoms. The summed E-state index contributed by atoms with van der Waals surface area (Å²) in [5, 5.41) is 2.86. The Morgan fingerprint density at radius 1 is 1.26 bits per heavy atom. The first kappa shape index (κ1) is 20.1. The van der Waals surface area contributed by atoms with Gasteiger partial charge in [0.05, 0.1) is 19.8 Å². The van der Waals surface area contributed by atoms with E-state index in [0.29, 0.717) is 13.1 Å². The summed E-state index contributed by atoms with van der Waals surface area (Å²) in [5.74, 6) is -1.54. The van der Waals surface area contributed by atoms with Crippen LogP contribution >= 0.6 is 12.2 Å². The van der Waals surface area contributed by atoms with Crippen molar-refractivity contribution in [1.29, 1.82) is 0 Å². The van der Waals surface area contributed by atoms with E-state index in [0.717, 1.165) is 52.1 Å². The molecule has 8 heteroatoms. The van der Waals surface area contributed by atoms with Crippen LogP contribution in [-0.4, -0.2) is 78.9 Å². The molecule has 2 amide bonds. The van der Waals surface area contributed by atoms with Gasteiger partial charge in [0, 0.05) is 32.4 Å². The molecule has 7 nitrogen and oxygen atoms in total. The zero-order valence-electron chi connectivity index (χ0n) is 15.7. The number of rotatable bonds is 7. The van der Waals surface area contributed by atoms with E-state index in [4.69, 9.17) is 17.0 Å². The molecule has 0 aromatic heterocycles. The number of morpholine rings is 1. The fourth-order valence-corrected chi connectivity index (χ4v) is 3.85. The zero-order chi connectivity index (χ0) is 19.1. The number of allylic oxidation sites excluding steroid dienone is 1. The number of nitrogens with one attached hydrogen (secondary N) is 1. The normalized spacial score (nSPS) is 25.0. The molecule has 148 valence electrons. The molecule has 2 fully saturated rings. The Morgan fingerprint density at radius 2 is 2.07 bits per heavy atom. The van der Waals surface area contributed by atoms with Crippen LogP contribution in [0.15, 0.2) is 16.6 Å². The van der Waals surface area contributed by atoms with Crippen LogP contribution in [0.2, 0.25) is 0 Å². The molecule has 3 rings (SSSR count). The van der Waals surface area contributed by atoms with Gasteiger partial charge in [0.1, 0.15) is 0 Å². The quantitative estimate of drug-likeness (QED) is 0.304. The van der Waals surface area contributed by atoms with Gasteiger partial charge in [0.25, 0.3) is 0 Å². The highest BCUT2D eigenvalue weighted by molar-refractivity contribution is 7.80. The van der Waals surface area contributed by atoms with E-state index in [-0.39, 0.29) is 16.9 Å². The Hall–Kier alpha value is -1.64. The zero-order valence-corrected chi connectivity index (χ0v) is 16.5. The van der Waals surface area contributed by atoms with E-state index in [1.54, 1.807) is 0 Å².